The van der Waals surface area contributed by atoms with Gasteiger partial charge >= 0.3 is 0 Å². The molecule has 126 valence electrons. The van der Waals surface area contributed by atoms with Crippen molar-refractivity contribution in [2.45, 2.75) is 55.8 Å². The topological polar surface area (TPSA) is 49.8 Å². The highest BCUT2D eigenvalue weighted by Gasteiger charge is 2.72. The lowest BCUT2D eigenvalue weighted by Crippen LogP contribution is -2.76. The smallest absolute Gasteiger partial charge is 0.174 e. The van der Waals surface area contributed by atoms with E-state index >= 15 is 0 Å². The minimum Gasteiger partial charge on any atom is -0.481 e. The largest absolute Gasteiger partial charge is 0.481 e. The first-order chi connectivity index (χ1) is 11.5. The molecule has 2 fully saturated rings. The molecule has 0 radical (unpaired) electrons. The highest BCUT2D eigenvalue weighted by atomic mass is 16.5. The molecule has 1 aromatic carbocycles. The van der Waals surface area contributed by atoms with E-state index in [0.717, 1.165) is 42.8 Å². The second kappa shape index (κ2) is 4.50. The van der Waals surface area contributed by atoms with Crippen LogP contribution in [-0.2, 0) is 16.6 Å². The zero-order valence-electron chi connectivity index (χ0n) is 14.0. The lowest BCUT2D eigenvalue weighted by atomic mass is 9.49. The summed E-state index contributed by atoms with van der Waals surface area (Å²) >= 11 is 0. The fourth-order valence-corrected chi connectivity index (χ4v) is 5.95. The maximum absolute atomic E-state index is 12.7. The molecule has 4 nitrogen and oxygen atoms in total. The number of piperidine rings is 1. The van der Waals surface area contributed by atoms with Crippen LogP contribution in [0, 0.1) is 6.92 Å². The normalized spacial score (nSPS) is 39.3. The van der Waals surface area contributed by atoms with Gasteiger partial charge in [-0.05, 0) is 37.3 Å². The lowest BCUT2D eigenvalue weighted by molar-refractivity contribution is -0.187. The van der Waals surface area contributed by atoms with Gasteiger partial charge in [0, 0.05) is 31.1 Å². The minimum atomic E-state index is -0.890. The number of likely N-dealkylation sites (tertiary alicyclic amines) is 1. The molecule has 24 heavy (non-hydrogen) atoms. The number of rotatable bonds is 2. The molecule has 1 aromatic rings. The Balaban J connectivity index is 1.80. The van der Waals surface area contributed by atoms with Crippen LogP contribution in [0.3, 0.4) is 0 Å². The van der Waals surface area contributed by atoms with Gasteiger partial charge < -0.3 is 9.84 Å². The monoisotopic (exact) mass is 325 g/mol. The van der Waals surface area contributed by atoms with Gasteiger partial charge in [0.05, 0.1) is 11.0 Å². The van der Waals surface area contributed by atoms with Crippen molar-refractivity contribution >= 4 is 5.78 Å². The number of hydrogen-bond acceptors (Lipinski definition) is 4. The van der Waals surface area contributed by atoms with Crippen molar-refractivity contribution in [1.82, 2.24) is 4.90 Å². The van der Waals surface area contributed by atoms with E-state index in [9.17, 15) is 9.90 Å². The summed E-state index contributed by atoms with van der Waals surface area (Å²) in [6.07, 6.45) is 3.93. The van der Waals surface area contributed by atoms with Crippen LogP contribution in [0.15, 0.2) is 24.8 Å². The van der Waals surface area contributed by atoms with Crippen LogP contribution in [-0.4, -0.2) is 46.6 Å². The summed E-state index contributed by atoms with van der Waals surface area (Å²) in [5, 5.41) is 11.9. The van der Waals surface area contributed by atoms with Crippen molar-refractivity contribution in [2.75, 3.05) is 13.1 Å². The fraction of sp³-hybridized carbons (Fsp3) is 0.550. The van der Waals surface area contributed by atoms with Gasteiger partial charge in [-0.15, -0.1) is 6.58 Å². The summed E-state index contributed by atoms with van der Waals surface area (Å²) in [6, 6.07) is 4.29. The Bertz CT molecular complexity index is 772. The average Bonchev–Trinajstić information content (AvgIpc) is 2.91. The summed E-state index contributed by atoms with van der Waals surface area (Å²) in [5.74, 6) is 1.01. The maximum atomic E-state index is 12.7. The number of aryl methyl sites for hydroxylation is 1. The molecule has 4 heteroatoms. The van der Waals surface area contributed by atoms with Crippen molar-refractivity contribution in [2.24, 2.45) is 0 Å². The predicted octanol–water partition coefficient (Wildman–Crippen LogP) is 1.90. The molecule has 2 unspecified atom stereocenters. The molecular weight excluding hydrogens is 302 g/mol. The number of hydrogen-bond donors (Lipinski definition) is 1. The van der Waals surface area contributed by atoms with Crippen LogP contribution in [0.25, 0.3) is 0 Å². The zero-order chi connectivity index (χ0) is 16.7. The first-order valence-corrected chi connectivity index (χ1v) is 8.92. The predicted molar refractivity (Wildman–Crippen MR) is 90.3 cm³/mol. The molecular formula is C20H23NO3. The molecule has 2 bridgehead atoms. The van der Waals surface area contributed by atoms with Crippen LogP contribution >= 0.6 is 0 Å². The fourth-order valence-electron chi connectivity index (χ4n) is 5.95. The van der Waals surface area contributed by atoms with Gasteiger partial charge in [0.2, 0.25) is 0 Å². The van der Waals surface area contributed by atoms with Gasteiger partial charge in [0.1, 0.15) is 5.75 Å². The van der Waals surface area contributed by atoms with E-state index in [0.29, 0.717) is 12.8 Å². The number of carbonyl (C=O) groups excluding carboxylic acids is 1. The lowest BCUT2D eigenvalue weighted by Gasteiger charge is -2.62. The first kappa shape index (κ1) is 14.7. The number of carbonyl (C=O) groups is 1. The summed E-state index contributed by atoms with van der Waals surface area (Å²) in [6.45, 7) is 7.56. The van der Waals surface area contributed by atoms with E-state index in [1.807, 2.05) is 13.0 Å². The molecule has 0 aromatic heterocycles. The number of benzene rings is 1. The van der Waals surface area contributed by atoms with Crippen molar-refractivity contribution < 1.29 is 14.6 Å². The number of Topliss-reactive ketones (excluding diaryl/α,β-unsaturated/α-hetero) is 1. The highest BCUT2D eigenvalue weighted by molar-refractivity contribution is 5.89. The van der Waals surface area contributed by atoms with Gasteiger partial charge in [0.25, 0.3) is 0 Å². The summed E-state index contributed by atoms with van der Waals surface area (Å²) in [5.41, 5.74) is 2.01. The Kier molecular flexibility index (Phi) is 2.75. The Hall–Kier alpha value is -1.65. The molecule has 1 saturated carbocycles. The molecule has 0 amide bonds. The van der Waals surface area contributed by atoms with E-state index in [2.05, 4.69) is 23.6 Å². The summed E-state index contributed by atoms with van der Waals surface area (Å²) in [4.78, 5) is 15.1. The third-order valence-electron chi connectivity index (χ3n) is 6.95. The average molecular weight is 325 g/mol. The Morgan fingerprint density at radius 1 is 1.46 bits per heavy atom. The van der Waals surface area contributed by atoms with Crippen LogP contribution in [0.2, 0.25) is 0 Å². The molecule has 2 aliphatic heterocycles. The first-order valence-electron chi connectivity index (χ1n) is 8.92. The standard InChI is InChI=1S/C20H23NO3/c1-3-9-21-10-8-19-16-13-5-4-12(2)17(16)24-18(19)14(22)6-7-20(19,23)15(21)11-13/h3-5,15,18,23H,1,6-11H2,2H3/t15?,18?,19-,20+/m0/s1. The van der Waals surface area contributed by atoms with Crippen molar-refractivity contribution in [1.29, 1.82) is 0 Å². The highest BCUT2D eigenvalue weighted by Crippen LogP contribution is 2.63. The third kappa shape index (κ3) is 1.42. The van der Waals surface area contributed by atoms with Crippen LogP contribution in [0.4, 0.5) is 0 Å². The molecule has 4 aliphatic rings. The maximum Gasteiger partial charge on any atom is 0.174 e. The summed E-state index contributed by atoms with van der Waals surface area (Å²) in [7, 11) is 0. The van der Waals surface area contributed by atoms with Gasteiger partial charge in [0.15, 0.2) is 11.9 Å². The van der Waals surface area contributed by atoms with E-state index in [1.54, 1.807) is 0 Å². The van der Waals surface area contributed by atoms with E-state index in [4.69, 9.17) is 4.74 Å². The van der Waals surface area contributed by atoms with Gasteiger partial charge in [-0.2, -0.15) is 0 Å². The minimum absolute atomic E-state index is 0.0320. The van der Waals surface area contributed by atoms with Crippen LogP contribution in [0.1, 0.15) is 36.0 Å². The molecule has 2 aliphatic carbocycles. The number of aliphatic hydroxyl groups is 1. The Morgan fingerprint density at radius 3 is 3.08 bits per heavy atom. The molecule has 4 atom stereocenters. The summed E-state index contributed by atoms with van der Waals surface area (Å²) < 4.78 is 6.23. The third-order valence-corrected chi connectivity index (χ3v) is 6.95. The zero-order valence-corrected chi connectivity index (χ0v) is 14.0. The number of ether oxygens (including phenoxy) is 1. The molecule has 1 N–H and O–H groups in total. The van der Waals surface area contributed by atoms with Gasteiger partial charge in [-0.1, -0.05) is 18.2 Å². The van der Waals surface area contributed by atoms with Crippen LogP contribution < -0.4 is 4.74 Å². The van der Waals surface area contributed by atoms with Gasteiger partial charge in [-0.3, -0.25) is 9.69 Å². The van der Waals surface area contributed by atoms with Gasteiger partial charge in [-0.25, -0.2) is 0 Å². The van der Waals surface area contributed by atoms with E-state index in [1.165, 1.54) is 5.56 Å². The molecule has 1 saturated heterocycles. The number of ketones is 1. The van der Waals surface area contributed by atoms with E-state index in [-0.39, 0.29) is 11.8 Å². The Morgan fingerprint density at radius 2 is 2.29 bits per heavy atom. The Labute approximate surface area is 142 Å². The van der Waals surface area contributed by atoms with Crippen molar-refractivity contribution in [3.05, 3.63) is 41.5 Å². The molecule has 1 spiro atoms. The van der Waals surface area contributed by atoms with E-state index < -0.39 is 17.1 Å². The second-order valence-electron chi connectivity index (χ2n) is 7.86. The number of nitrogens with zero attached hydrogens (tertiary/aromatic N) is 1. The second-order valence-corrected chi connectivity index (χ2v) is 7.86. The molecule has 2 heterocycles. The SMILES string of the molecule is C=CCN1CC[C@]23c4c5ccc(C)c4OC2C(=O)CC[C@@]3(O)C1C5. The van der Waals surface area contributed by atoms with Crippen molar-refractivity contribution in [3.8, 4) is 5.75 Å². The molecule has 5 rings (SSSR count). The quantitative estimate of drug-likeness (QED) is 0.844. The van der Waals surface area contributed by atoms with Crippen molar-refractivity contribution in [3.63, 3.8) is 0 Å². The van der Waals surface area contributed by atoms with Crippen LogP contribution in [0.5, 0.6) is 5.75 Å².